The van der Waals surface area contributed by atoms with Crippen molar-refractivity contribution in [3.05, 3.63) is 64.0 Å². The molecule has 1 aromatic heterocycles. The Hall–Kier alpha value is -4.56. The van der Waals surface area contributed by atoms with Crippen molar-refractivity contribution in [2.45, 2.75) is 57.6 Å². The van der Waals surface area contributed by atoms with Gasteiger partial charge in [-0.25, -0.2) is 9.78 Å². The standard InChI is InChI=1S/C23H28N4O3.C6H8O7/c1-2-30-20-9-6-18(7-10-20)16-23-24-21-17-19(27(28)29)8-11-22(21)26(23)15-14-25-12-4-3-5-13-25;7-3(8)1-6(13,5(11)12)2-4(9)10/h6-11,17H,2-5,12-16H2,1H3;13H,1-2H2,(H,7,8)(H,9,10)(H,11,12). The maximum Gasteiger partial charge on any atom is 0.336 e. The molecule has 1 aliphatic rings. The molecule has 14 nitrogen and oxygen atoms in total. The van der Waals surface area contributed by atoms with Crippen molar-refractivity contribution in [3.8, 4) is 5.75 Å². The zero-order valence-corrected chi connectivity index (χ0v) is 23.8. The molecule has 1 saturated heterocycles. The Morgan fingerprint density at radius 2 is 1.60 bits per heavy atom. The number of rotatable bonds is 13. The van der Waals surface area contributed by atoms with E-state index >= 15 is 0 Å². The normalized spacial score (nSPS) is 13.6. The van der Waals surface area contributed by atoms with E-state index in [1.165, 1.54) is 19.3 Å². The molecule has 0 atom stereocenters. The molecule has 0 spiro atoms. The van der Waals surface area contributed by atoms with E-state index in [1.807, 2.05) is 25.1 Å². The second kappa shape index (κ2) is 15.1. The highest BCUT2D eigenvalue weighted by molar-refractivity contribution is 5.88. The van der Waals surface area contributed by atoms with E-state index in [4.69, 9.17) is 30.1 Å². The average molecular weight is 601 g/mol. The third kappa shape index (κ3) is 9.48. The lowest BCUT2D eigenvalue weighted by molar-refractivity contribution is -0.384. The molecule has 2 heterocycles. The number of imidazole rings is 1. The number of aromatic nitrogens is 2. The molecule has 232 valence electrons. The number of carboxylic acids is 3. The number of carboxylic acid groups (broad SMARTS) is 3. The van der Waals surface area contributed by atoms with E-state index in [0.717, 1.165) is 48.8 Å². The highest BCUT2D eigenvalue weighted by Gasteiger charge is 2.40. The summed E-state index contributed by atoms with van der Waals surface area (Å²) in [6.45, 7) is 6.71. The van der Waals surface area contributed by atoms with Crippen LogP contribution in [0, 0.1) is 10.1 Å². The second-order valence-corrected chi connectivity index (χ2v) is 10.2. The zero-order valence-electron chi connectivity index (χ0n) is 23.8. The van der Waals surface area contributed by atoms with E-state index in [9.17, 15) is 24.5 Å². The molecule has 0 saturated carbocycles. The summed E-state index contributed by atoms with van der Waals surface area (Å²) >= 11 is 0. The first-order chi connectivity index (χ1) is 20.4. The Balaban J connectivity index is 0.000000331. The number of aliphatic hydroxyl groups is 1. The number of aliphatic carboxylic acids is 3. The topological polar surface area (TPSA) is 206 Å². The summed E-state index contributed by atoms with van der Waals surface area (Å²) in [6, 6.07) is 13.0. The number of nitrogens with zero attached hydrogens (tertiary/aromatic N) is 4. The van der Waals surface area contributed by atoms with Gasteiger partial charge in [0.1, 0.15) is 11.6 Å². The first kappa shape index (κ1) is 32.9. The molecule has 1 fully saturated rings. The Morgan fingerprint density at radius 3 is 2.14 bits per heavy atom. The van der Waals surface area contributed by atoms with Crippen LogP contribution in [-0.2, 0) is 27.3 Å². The smallest absolute Gasteiger partial charge is 0.336 e. The number of non-ortho nitro benzene ring substituents is 1. The van der Waals surface area contributed by atoms with E-state index in [-0.39, 0.29) is 10.6 Å². The van der Waals surface area contributed by atoms with Crippen molar-refractivity contribution in [1.82, 2.24) is 14.5 Å². The summed E-state index contributed by atoms with van der Waals surface area (Å²) < 4.78 is 7.76. The minimum absolute atomic E-state index is 0.0794. The molecule has 0 aliphatic carbocycles. The minimum atomic E-state index is -2.74. The molecule has 0 radical (unpaired) electrons. The van der Waals surface area contributed by atoms with E-state index < -0.39 is 36.4 Å². The lowest BCUT2D eigenvalue weighted by Crippen LogP contribution is -2.42. The third-order valence-electron chi connectivity index (χ3n) is 6.99. The number of nitro benzene ring substituents is 1. The lowest BCUT2D eigenvalue weighted by atomic mass is 9.96. The van der Waals surface area contributed by atoms with Crippen LogP contribution in [0.3, 0.4) is 0 Å². The third-order valence-corrected chi connectivity index (χ3v) is 6.99. The molecule has 4 N–H and O–H groups in total. The summed E-state index contributed by atoms with van der Waals surface area (Å²) in [5.74, 6) is -3.23. The number of benzene rings is 2. The maximum absolute atomic E-state index is 11.2. The predicted molar refractivity (Wildman–Crippen MR) is 154 cm³/mol. The maximum atomic E-state index is 11.2. The molecule has 0 bridgehead atoms. The highest BCUT2D eigenvalue weighted by atomic mass is 16.6. The van der Waals surface area contributed by atoms with Crippen LogP contribution in [0.25, 0.3) is 11.0 Å². The Morgan fingerprint density at radius 1 is 0.977 bits per heavy atom. The summed E-state index contributed by atoms with van der Waals surface area (Å²) in [6.07, 6.45) is 2.22. The highest BCUT2D eigenvalue weighted by Crippen LogP contribution is 2.24. The van der Waals surface area contributed by atoms with Crippen LogP contribution >= 0.6 is 0 Å². The van der Waals surface area contributed by atoms with Crippen molar-refractivity contribution >= 4 is 34.6 Å². The van der Waals surface area contributed by atoms with Crippen LogP contribution in [0.1, 0.15) is 50.4 Å². The largest absolute Gasteiger partial charge is 0.494 e. The van der Waals surface area contributed by atoms with Gasteiger partial charge in [0.05, 0.1) is 35.4 Å². The zero-order chi connectivity index (χ0) is 31.6. The van der Waals surface area contributed by atoms with E-state index in [0.29, 0.717) is 18.5 Å². The van der Waals surface area contributed by atoms with Gasteiger partial charge in [-0.05, 0) is 56.6 Å². The quantitative estimate of drug-likeness (QED) is 0.165. The predicted octanol–water partition coefficient (Wildman–Crippen LogP) is 3.17. The molecule has 0 unspecified atom stereocenters. The van der Waals surface area contributed by atoms with Crippen molar-refractivity contribution < 1.29 is 44.5 Å². The lowest BCUT2D eigenvalue weighted by Gasteiger charge is -2.26. The fourth-order valence-electron chi connectivity index (χ4n) is 4.86. The van der Waals surface area contributed by atoms with Crippen molar-refractivity contribution in [2.75, 3.05) is 26.2 Å². The Bertz CT molecular complexity index is 1420. The summed E-state index contributed by atoms with van der Waals surface area (Å²) in [4.78, 5) is 48.6. The second-order valence-electron chi connectivity index (χ2n) is 10.2. The monoisotopic (exact) mass is 600 g/mol. The molecule has 14 heteroatoms. The fraction of sp³-hybridized carbons (Fsp3) is 0.448. The van der Waals surface area contributed by atoms with Crippen LogP contribution in [0.2, 0.25) is 0 Å². The molecule has 4 rings (SSSR count). The first-order valence-electron chi connectivity index (χ1n) is 13.9. The van der Waals surface area contributed by atoms with Crippen LogP contribution < -0.4 is 4.74 Å². The number of fused-ring (bicyclic) bond motifs is 1. The van der Waals surface area contributed by atoms with Crippen LogP contribution in [0.15, 0.2) is 42.5 Å². The van der Waals surface area contributed by atoms with Gasteiger partial charge in [-0.1, -0.05) is 18.6 Å². The molecular weight excluding hydrogens is 564 g/mol. The van der Waals surface area contributed by atoms with Crippen molar-refractivity contribution in [3.63, 3.8) is 0 Å². The summed E-state index contributed by atoms with van der Waals surface area (Å²) in [5, 5.41) is 45.0. The molecule has 43 heavy (non-hydrogen) atoms. The summed E-state index contributed by atoms with van der Waals surface area (Å²) in [5.41, 5.74) is 0.123. The van der Waals surface area contributed by atoms with Crippen molar-refractivity contribution in [1.29, 1.82) is 0 Å². The number of likely N-dealkylation sites (tertiary alicyclic amines) is 1. The molecule has 1 aliphatic heterocycles. The number of ether oxygens (including phenoxy) is 1. The van der Waals surface area contributed by atoms with Gasteiger partial charge in [0.25, 0.3) is 5.69 Å². The number of hydrogen-bond acceptors (Lipinski definition) is 9. The Kier molecular flexibility index (Phi) is 11.5. The van der Waals surface area contributed by atoms with Gasteiger partial charge >= 0.3 is 17.9 Å². The SMILES string of the molecule is CCOc1ccc(Cc2nc3cc([N+](=O)[O-])ccc3n2CCN2CCCCC2)cc1.O=C(O)CC(O)(CC(=O)O)C(=O)O. The van der Waals surface area contributed by atoms with Gasteiger partial charge in [0.15, 0.2) is 5.60 Å². The first-order valence-corrected chi connectivity index (χ1v) is 13.9. The van der Waals surface area contributed by atoms with Crippen LogP contribution in [0.5, 0.6) is 5.75 Å². The summed E-state index contributed by atoms with van der Waals surface area (Å²) in [7, 11) is 0. The minimum Gasteiger partial charge on any atom is -0.494 e. The van der Waals surface area contributed by atoms with Gasteiger partial charge < -0.3 is 34.6 Å². The molecular formula is C29H36N4O10. The number of piperidine rings is 1. The van der Waals surface area contributed by atoms with E-state index in [2.05, 4.69) is 21.6 Å². The number of hydrogen-bond donors (Lipinski definition) is 4. The molecule has 3 aromatic rings. The van der Waals surface area contributed by atoms with Gasteiger partial charge in [0, 0.05) is 31.6 Å². The van der Waals surface area contributed by atoms with Gasteiger partial charge in [-0.2, -0.15) is 0 Å². The van der Waals surface area contributed by atoms with Crippen LogP contribution in [-0.4, -0.2) is 89.6 Å². The van der Waals surface area contributed by atoms with Crippen molar-refractivity contribution in [2.24, 2.45) is 0 Å². The van der Waals surface area contributed by atoms with E-state index in [1.54, 1.807) is 12.1 Å². The average Bonchev–Trinajstić information content (AvgIpc) is 3.29. The fourth-order valence-corrected chi connectivity index (χ4v) is 4.86. The molecule has 2 aromatic carbocycles. The van der Waals surface area contributed by atoms with Gasteiger partial charge in [-0.15, -0.1) is 0 Å². The van der Waals surface area contributed by atoms with Gasteiger partial charge in [-0.3, -0.25) is 19.7 Å². The number of carbonyl (C=O) groups is 3. The number of nitro groups is 1. The van der Waals surface area contributed by atoms with Crippen LogP contribution in [0.4, 0.5) is 5.69 Å². The van der Waals surface area contributed by atoms with Gasteiger partial charge in [0.2, 0.25) is 0 Å². The molecule has 0 amide bonds. The Labute approximate surface area is 247 Å².